The molecule has 11 heteroatoms. The van der Waals surface area contributed by atoms with Crippen LogP contribution in [0.3, 0.4) is 0 Å². The Kier molecular flexibility index (Phi) is 5.30. The molecule has 1 aromatic rings. The van der Waals surface area contributed by atoms with Crippen molar-refractivity contribution in [2.75, 3.05) is 13.1 Å². The zero-order valence-corrected chi connectivity index (χ0v) is 16.1. The van der Waals surface area contributed by atoms with Gasteiger partial charge in [0.05, 0.1) is 12.2 Å². The molecule has 2 heterocycles. The normalized spacial score (nSPS) is 18.9. The Balaban J connectivity index is 2.26. The summed E-state index contributed by atoms with van der Waals surface area (Å²) in [5.74, 6) is -5.47. The molecule has 0 spiro atoms. The van der Waals surface area contributed by atoms with Gasteiger partial charge >= 0.3 is 12.1 Å². The number of benzene rings is 1. The van der Waals surface area contributed by atoms with Gasteiger partial charge in [0, 0.05) is 29.7 Å². The summed E-state index contributed by atoms with van der Waals surface area (Å²) in [4.78, 5) is 24.6. The van der Waals surface area contributed by atoms with E-state index in [4.69, 9.17) is 4.74 Å². The smallest absolute Gasteiger partial charge is 0.458 e. The molecule has 164 valence electrons. The molecule has 1 fully saturated rings. The summed E-state index contributed by atoms with van der Waals surface area (Å²) in [5.41, 5.74) is -2.39. The van der Waals surface area contributed by atoms with Crippen LogP contribution in [0.4, 0.5) is 22.0 Å². The lowest BCUT2D eigenvalue weighted by Crippen LogP contribution is -2.43. The van der Waals surface area contributed by atoms with Gasteiger partial charge in [0.25, 0.3) is 0 Å². The second-order valence-corrected chi connectivity index (χ2v) is 7.57. The number of hydroxylamine groups is 2. The molecule has 2 aliphatic heterocycles. The molecular weight excluding hydrogens is 415 g/mol. The molecule has 0 bridgehead atoms. The monoisotopic (exact) mass is 434 g/mol. The van der Waals surface area contributed by atoms with Crippen molar-refractivity contribution < 1.29 is 41.5 Å². The van der Waals surface area contributed by atoms with Gasteiger partial charge in [-0.15, -0.1) is 0 Å². The van der Waals surface area contributed by atoms with Crippen LogP contribution in [0.25, 0.3) is 5.70 Å². The third kappa shape index (κ3) is 3.62. The van der Waals surface area contributed by atoms with E-state index >= 15 is 0 Å². The number of alkyl halides is 5. The van der Waals surface area contributed by atoms with Gasteiger partial charge in [0.1, 0.15) is 11.4 Å². The number of fused-ring (bicyclic) bond motifs is 1. The minimum Gasteiger partial charge on any atom is -0.483 e. The second kappa shape index (κ2) is 7.22. The SMILES string of the molecule is CC1(C)Oc2ccc(C(F)(F)C(F)(F)F)cc2C(N2CCCC2=O)=C1CN(O)C=O. The van der Waals surface area contributed by atoms with E-state index in [1.54, 1.807) is 13.8 Å². The van der Waals surface area contributed by atoms with Crippen molar-refractivity contribution >= 4 is 18.0 Å². The second-order valence-electron chi connectivity index (χ2n) is 7.57. The standard InChI is InChI=1S/C19H19F5N2O4/c1-17(2)13(9-25(29)10-27)16(26-7-3-4-15(26)28)12-8-11(5-6-14(12)30-17)18(20,21)19(22,23)24/h5-6,8,10,29H,3-4,7,9H2,1-2H3. The summed E-state index contributed by atoms with van der Waals surface area (Å²) in [7, 11) is 0. The van der Waals surface area contributed by atoms with Crippen molar-refractivity contribution in [3.05, 3.63) is 34.9 Å². The predicted molar refractivity (Wildman–Crippen MR) is 93.5 cm³/mol. The Morgan fingerprint density at radius 1 is 1.27 bits per heavy atom. The molecule has 2 aliphatic rings. The van der Waals surface area contributed by atoms with Gasteiger partial charge in [-0.1, -0.05) is 0 Å². The van der Waals surface area contributed by atoms with E-state index in [0.29, 0.717) is 18.6 Å². The molecule has 1 saturated heterocycles. The third-order valence-electron chi connectivity index (χ3n) is 5.12. The van der Waals surface area contributed by atoms with Crippen molar-refractivity contribution in [1.82, 2.24) is 9.96 Å². The number of halogens is 5. The molecule has 2 amide bonds. The lowest BCUT2D eigenvalue weighted by molar-refractivity contribution is -0.289. The van der Waals surface area contributed by atoms with Crippen LogP contribution in [0, 0.1) is 0 Å². The summed E-state index contributed by atoms with van der Waals surface area (Å²) in [6.07, 6.45) is -5.08. The number of hydrogen-bond acceptors (Lipinski definition) is 4. The zero-order chi connectivity index (χ0) is 22.5. The number of nitrogens with zero attached hydrogens (tertiary/aromatic N) is 2. The Morgan fingerprint density at radius 2 is 1.93 bits per heavy atom. The Morgan fingerprint density at radius 3 is 2.47 bits per heavy atom. The number of likely N-dealkylation sites (tertiary alicyclic amines) is 1. The van der Waals surface area contributed by atoms with Crippen LogP contribution >= 0.6 is 0 Å². The minimum atomic E-state index is -5.81. The highest BCUT2D eigenvalue weighted by Crippen LogP contribution is 2.48. The maximum atomic E-state index is 14.0. The number of carbonyl (C=O) groups excluding carboxylic acids is 2. The Labute approximate surface area is 168 Å². The number of carbonyl (C=O) groups is 2. The van der Waals surface area contributed by atoms with Gasteiger partial charge in [-0.2, -0.15) is 22.0 Å². The first-order chi connectivity index (χ1) is 13.8. The molecule has 1 aromatic carbocycles. The van der Waals surface area contributed by atoms with Crippen LogP contribution in [0.5, 0.6) is 5.75 Å². The molecule has 6 nitrogen and oxygen atoms in total. The number of amides is 2. The highest BCUT2D eigenvalue weighted by Gasteiger charge is 2.59. The van der Waals surface area contributed by atoms with Crippen molar-refractivity contribution in [3.63, 3.8) is 0 Å². The zero-order valence-electron chi connectivity index (χ0n) is 16.1. The van der Waals surface area contributed by atoms with Crippen LogP contribution in [0.2, 0.25) is 0 Å². The maximum Gasteiger partial charge on any atom is 0.458 e. The summed E-state index contributed by atoms with van der Waals surface area (Å²) in [6, 6.07) is 2.27. The van der Waals surface area contributed by atoms with Crippen LogP contribution in [-0.4, -0.2) is 52.4 Å². The predicted octanol–water partition coefficient (Wildman–Crippen LogP) is 3.69. The number of rotatable bonds is 5. The van der Waals surface area contributed by atoms with Crippen molar-refractivity contribution in [3.8, 4) is 5.75 Å². The van der Waals surface area contributed by atoms with E-state index in [2.05, 4.69) is 0 Å². The maximum absolute atomic E-state index is 14.0. The fourth-order valence-corrected chi connectivity index (χ4v) is 3.60. The Hall–Kier alpha value is -2.69. The molecule has 1 N–H and O–H groups in total. The molecule has 0 saturated carbocycles. The topological polar surface area (TPSA) is 70.1 Å². The van der Waals surface area contributed by atoms with Gasteiger partial charge in [-0.3, -0.25) is 14.8 Å². The van der Waals surface area contributed by atoms with E-state index in [1.165, 1.54) is 4.90 Å². The van der Waals surface area contributed by atoms with Gasteiger partial charge in [-0.25, -0.2) is 5.06 Å². The molecule has 0 atom stereocenters. The number of hydrogen-bond donors (Lipinski definition) is 1. The van der Waals surface area contributed by atoms with E-state index in [-0.39, 0.29) is 52.9 Å². The van der Waals surface area contributed by atoms with E-state index in [0.717, 1.165) is 6.07 Å². The lowest BCUT2D eigenvalue weighted by Gasteiger charge is -2.40. The molecule has 0 unspecified atom stereocenters. The van der Waals surface area contributed by atoms with Crippen LogP contribution in [0.1, 0.15) is 37.8 Å². The largest absolute Gasteiger partial charge is 0.483 e. The summed E-state index contributed by atoms with van der Waals surface area (Å²) < 4.78 is 72.4. The van der Waals surface area contributed by atoms with Crippen molar-refractivity contribution in [2.24, 2.45) is 0 Å². The van der Waals surface area contributed by atoms with Crippen LogP contribution < -0.4 is 4.74 Å². The average molecular weight is 434 g/mol. The average Bonchev–Trinajstić information content (AvgIpc) is 3.06. The fraction of sp³-hybridized carbons (Fsp3) is 0.474. The summed E-state index contributed by atoms with van der Waals surface area (Å²) >= 11 is 0. The Bertz CT molecular complexity index is 911. The fourth-order valence-electron chi connectivity index (χ4n) is 3.60. The molecule has 0 aromatic heterocycles. The quantitative estimate of drug-likeness (QED) is 0.332. The lowest BCUT2D eigenvalue weighted by atomic mass is 9.87. The van der Waals surface area contributed by atoms with Crippen molar-refractivity contribution in [2.45, 2.75) is 44.4 Å². The highest BCUT2D eigenvalue weighted by molar-refractivity contribution is 5.91. The van der Waals surface area contributed by atoms with Crippen LogP contribution in [-0.2, 0) is 15.5 Å². The highest BCUT2D eigenvalue weighted by atomic mass is 19.4. The van der Waals surface area contributed by atoms with Crippen LogP contribution in [0.15, 0.2) is 23.8 Å². The van der Waals surface area contributed by atoms with Gasteiger partial charge < -0.3 is 9.64 Å². The summed E-state index contributed by atoms with van der Waals surface area (Å²) in [6.45, 7) is 2.92. The van der Waals surface area contributed by atoms with E-state index in [1.807, 2.05) is 0 Å². The van der Waals surface area contributed by atoms with Gasteiger partial charge in [0.2, 0.25) is 12.3 Å². The van der Waals surface area contributed by atoms with Gasteiger partial charge in [-0.05, 0) is 38.5 Å². The first-order valence-electron chi connectivity index (χ1n) is 9.03. The first kappa shape index (κ1) is 22.0. The first-order valence-corrected chi connectivity index (χ1v) is 9.03. The minimum absolute atomic E-state index is 0.00997. The summed E-state index contributed by atoms with van der Waals surface area (Å²) in [5, 5.41) is 9.99. The van der Waals surface area contributed by atoms with E-state index in [9.17, 15) is 36.7 Å². The van der Waals surface area contributed by atoms with Gasteiger partial charge in [0.15, 0.2) is 0 Å². The molecule has 30 heavy (non-hydrogen) atoms. The molecule has 0 aliphatic carbocycles. The third-order valence-corrected chi connectivity index (χ3v) is 5.12. The molecule has 0 radical (unpaired) electrons. The molecular formula is C19H19F5N2O4. The van der Waals surface area contributed by atoms with E-state index < -0.39 is 29.8 Å². The molecule has 3 rings (SSSR count). The number of ether oxygens (including phenoxy) is 1. The van der Waals surface area contributed by atoms with Crippen molar-refractivity contribution in [1.29, 1.82) is 0 Å².